The van der Waals surface area contributed by atoms with Crippen LogP contribution in [0, 0.1) is 0 Å². The van der Waals surface area contributed by atoms with Crippen LogP contribution in [0.5, 0.6) is 0 Å². The van der Waals surface area contributed by atoms with E-state index < -0.39 is 35.1 Å². The number of rotatable bonds is 6. The highest BCUT2D eigenvalue weighted by Gasteiger charge is 2.39. The zero-order valence-corrected chi connectivity index (χ0v) is 20.1. The maximum absolute atomic E-state index is 13.3. The maximum atomic E-state index is 13.3. The molecule has 0 spiro atoms. The van der Waals surface area contributed by atoms with Crippen LogP contribution < -0.4 is 10.6 Å². The predicted octanol–water partition coefficient (Wildman–Crippen LogP) is 5.72. The highest BCUT2D eigenvalue weighted by molar-refractivity contribution is 5.73. The van der Waals surface area contributed by atoms with Gasteiger partial charge in [-0.3, -0.25) is 0 Å². The van der Waals surface area contributed by atoms with Gasteiger partial charge in [-0.05, 0) is 49.1 Å². The molecule has 0 saturated carbocycles. The zero-order chi connectivity index (χ0) is 26.7. The van der Waals surface area contributed by atoms with Crippen LogP contribution in [0.1, 0.15) is 48.1 Å². The molecule has 36 heavy (non-hydrogen) atoms. The standard InChI is InChI=1S/C25H29F6N3O2/c1-16(17-11-19(24(26,27)28)13-20(12-17)25(29,30)31)36-15-23(18-7-5-4-6-8-18)10-9-21(14-32-23)33-22(35)34(2)3/h4-8,11-13,16,21,32H,9-10,14-15H2,1-3H3,(H,33,35)/t16-,21+,23?/m1/s1. The largest absolute Gasteiger partial charge is 0.416 e. The molecule has 2 N–H and O–H groups in total. The fourth-order valence-electron chi connectivity index (χ4n) is 4.14. The zero-order valence-electron chi connectivity index (χ0n) is 20.1. The van der Waals surface area contributed by atoms with Gasteiger partial charge in [0.05, 0.1) is 29.4 Å². The number of ether oxygens (including phenoxy) is 1. The Balaban J connectivity index is 1.82. The molecule has 2 aromatic rings. The van der Waals surface area contributed by atoms with Gasteiger partial charge in [0.25, 0.3) is 0 Å². The van der Waals surface area contributed by atoms with Crippen LogP contribution >= 0.6 is 0 Å². The predicted molar refractivity (Wildman–Crippen MR) is 122 cm³/mol. The molecule has 11 heteroatoms. The minimum Gasteiger partial charge on any atom is -0.372 e. The number of amides is 2. The van der Waals surface area contributed by atoms with Gasteiger partial charge >= 0.3 is 18.4 Å². The third kappa shape index (κ3) is 6.70. The summed E-state index contributed by atoms with van der Waals surface area (Å²) in [5.41, 5.74) is -2.84. The van der Waals surface area contributed by atoms with Crippen molar-refractivity contribution < 1.29 is 35.9 Å². The van der Waals surface area contributed by atoms with E-state index in [1.165, 1.54) is 11.8 Å². The van der Waals surface area contributed by atoms with Gasteiger partial charge in [0.1, 0.15) is 0 Å². The summed E-state index contributed by atoms with van der Waals surface area (Å²) in [5, 5.41) is 6.31. The lowest BCUT2D eigenvalue weighted by Crippen LogP contribution is -2.58. The van der Waals surface area contributed by atoms with Crippen LogP contribution in [0.3, 0.4) is 0 Å². The molecule has 198 valence electrons. The van der Waals surface area contributed by atoms with Gasteiger partial charge < -0.3 is 20.3 Å². The van der Waals surface area contributed by atoms with E-state index in [0.29, 0.717) is 31.5 Å². The lowest BCUT2D eigenvalue weighted by atomic mass is 9.81. The van der Waals surface area contributed by atoms with Gasteiger partial charge in [0.15, 0.2) is 0 Å². The normalized spacial score (nSPS) is 21.6. The minimum atomic E-state index is -4.93. The Morgan fingerprint density at radius 3 is 2.14 bits per heavy atom. The minimum absolute atomic E-state index is 0.00409. The first-order valence-electron chi connectivity index (χ1n) is 11.4. The molecule has 0 aromatic heterocycles. The summed E-state index contributed by atoms with van der Waals surface area (Å²) in [6.07, 6.45) is -9.78. The smallest absolute Gasteiger partial charge is 0.372 e. The summed E-state index contributed by atoms with van der Waals surface area (Å²) in [6, 6.07) is 10.4. The third-order valence-corrected chi connectivity index (χ3v) is 6.33. The van der Waals surface area contributed by atoms with Crippen molar-refractivity contribution in [1.82, 2.24) is 15.5 Å². The molecule has 2 aromatic carbocycles. The van der Waals surface area contributed by atoms with Crippen LogP contribution in [0.4, 0.5) is 31.1 Å². The van der Waals surface area contributed by atoms with E-state index in [4.69, 9.17) is 4.74 Å². The molecule has 0 bridgehead atoms. The molecule has 1 saturated heterocycles. The van der Waals surface area contributed by atoms with Crippen LogP contribution in [0.15, 0.2) is 48.5 Å². The lowest BCUT2D eigenvalue weighted by molar-refractivity contribution is -0.143. The van der Waals surface area contributed by atoms with E-state index in [0.717, 1.165) is 5.56 Å². The molecule has 1 heterocycles. The van der Waals surface area contributed by atoms with Crippen LogP contribution in [0.2, 0.25) is 0 Å². The van der Waals surface area contributed by atoms with Crippen LogP contribution in [-0.2, 0) is 22.6 Å². The Bertz CT molecular complexity index is 1000. The molecule has 1 aliphatic heterocycles. The van der Waals surface area contributed by atoms with Crippen molar-refractivity contribution in [1.29, 1.82) is 0 Å². The lowest BCUT2D eigenvalue weighted by Gasteiger charge is -2.42. The molecule has 1 unspecified atom stereocenters. The summed E-state index contributed by atoms with van der Waals surface area (Å²) in [5.74, 6) is 0. The molecule has 1 aliphatic rings. The van der Waals surface area contributed by atoms with Gasteiger partial charge in [-0.15, -0.1) is 0 Å². The van der Waals surface area contributed by atoms with E-state index in [-0.39, 0.29) is 30.3 Å². The molecule has 0 aliphatic carbocycles. The fourth-order valence-corrected chi connectivity index (χ4v) is 4.14. The second-order valence-corrected chi connectivity index (χ2v) is 9.20. The number of piperidine rings is 1. The van der Waals surface area contributed by atoms with E-state index in [9.17, 15) is 31.1 Å². The number of hydrogen-bond acceptors (Lipinski definition) is 3. The van der Waals surface area contributed by atoms with E-state index >= 15 is 0 Å². The number of nitrogens with one attached hydrogen (secondary N) is 2. The summed E-state index contributed by atoms with van der Waals surface area (Å²) in [4.78, 5) is 13.4. The first-order valence-corrected chi connectivity index (χ1v) is 11.4. The fraction of sp³-hybridized carbons (Fsp3) is 0.480. The van der Waals surface area contributed by atoms with E-state index in [1.54, 1.807) is 14.1 Å². The summed E-state index contributed by atoms with van der Waals surface area (Å²) < 4.78 is 85.6. The topological polar surface area (TPSA) is 53.6 Å². The summed E-state index contributed by atoms with van der Waals surface area (Å²) in [6.45, 7) is 1.84. The number of hydrogen-bond donors (Lipinski definition) is 2. The van der Waals surface area contributed by atoms with Gasteiger partial charge in [-0.2, -0.15) is 26.3 Å². The van der Waals surface area contributed by atoms with Gasteiger partial charge in [-0.25, -0.2) is 4.79 Å². The third-order valence-electron chi connectivity index (χ3n) is 6.33. The molecular formula is C25H29F6N3O2. The van der Waals surface area contributed by atoms with Crippen molar-refractivity contribution in [3.8, 4) is 0 Å². The van der Waals surface area contributed by atoms with Gasteiger partial charge in [-0.1, -0.05) is 30.3 Å². The van der Waals surface area contributed by atoms with Crippen molar-refractivity contribution in [3.05, 3.63) is 70.8 Å². The highest BCUT2D eigenvalue weighted by atomic mass is 19.4. The number of carbonyl (C=O) groups is 1. The Labute approximate surface area is 205 Å². The molecule has 2 amide bonds. The number of alkyl halides is 6. The molecule has 3 rings (SSSR count). The second-order valence-electron chi connectivity index (χ2n) is 9.20. The maximum Gasteiger partial charge on any atom is 0.416 e. The first-order chi connectivity index (χ1) is 16.7. The number of halogens is 6. The first kappa shape index (κ1) is 27.8. The molecule has 0 radical (unpaired) electrons. The van der Waals surface area contributed by atoms with Crippen molar-refractivity contribution in [2.24, 2.45) is 0 Å². The average molecular weight is 518 g/mol. The molecule has 5 nitrogen and oxygen atoms in total. The van der Waals surface area contributed by atoms with E-state index in [2.05, 4.69) is 10.6 Å². The quantitative estimate of drug-likeness (QED) is 0.482. The molecule has 1 fully saturated rings. The average Bonchev–Trinajstić information content (AvgIpc) is 2.82. The van der Waals surface area contributed by atoms with Crippen molar-refractivity contribution in [3.63, 3.8) is 0 Å². The number of urea groups is 1. The highest BCUT2D eigenvalue weighted by Crippen LogP contribution is 2.39. The second kappa shape index (κ2) is 10.7. The van der Waals surface area contributed by atoms with Gasteiger partial charge in [0.2, 0.25) is 0 Å². The summed E-state index contributed by atoms with van der Waals surface area (Å²) >= 11 is 0. The Hall–Kier alpha value is -2.79. The SMILES string of the molecule is C[C@@H](OCC1(c2ccccc2)CC[C@H](NC(=O)N(C)C)CN1)c1cc(C(F)(F)F)cc(C(F)(F)F)c1. The number of carbonyl (C=O) groups excluding carboxylic acids is 1. The van der Waals surface area contributed by atoms with E-state index in [1.807, 2.05) is 30.3 Å². The Morgan fingerprint density at radius 1 is 1.08 bits per heavy atom. The van der Waals surface area contributed by atoms with Crippen LogP contribution in [0.25, 0.3) is 0 Å². The van der Waals surface area contributed by atoms with Crippen molar-refractivity contribution in [2.45, 2.75) is 49.8 Å². The monoisotopic (exact) mass is 517 g/mol. The summed E-state index contributed by atoms with van der Waals surface area (Å²) in [7, 11) is 3.26. The Morgan fingerprint density at radius 2 is 1.67 bits per heavy atom. The number of benzene rings is 2. The van der Waals surface area contributed by atoms with Crippen molar-refractivity contribution in [2.75, 3.05) is 27.2 Å². The van der Waals surface area contributed by atoms with Gasteiger partial charge in [0, 0.05) is 26.7 Å². The number of nitrogens with zero attached hydrogens (tertiary/aromatic N) is 1. The molecular weight excluding hydrogens is 488 g/mol. The Kier molecular flexibility index (Phi) is 8.24. The van der Waals surface area contributed by atoms with Crippen molar-refractivity contribution >= 4 is 6.03 Å². The van der Waals surface area contributed by atoms with Crippen LogP contribution in [-0.4, -0.2) is 44.2 Å². The molecule has 3 atom stereocenters.